The minimum absolute atomic E-state index is 0.0986. The first-order valence-electron chi connectivity index (χ1n) is 5.75. The molecule has 1 amide bonds. The van der Waals surface area contributed by atoms with E-state index in [0.717, 1.165) is 18.7 Å². The molecule has 0 spiro atoms. The van der Waals surface area contributed by atoms with Crippen LogP contribution in [0.2, 0.25) is 0 Å². The van der Waals surface area contributed by atoms with Gasteiger partial charge in [0, 0.05) is 17.7 Å². The van der Waals surface area contributed by atoms with Gasteiger partial charge in [0.25, 0.3) is 5.91 Å². The lowest BCUT2D eigenvalue weighted by Gasteiger charge is -2.02. The molecule has 3 N–H and O–H groups in total. The van der Waals surface area contributed by atoms with Crippen LogP contribution in [0.3, 0.4) is 0 Å². The van der Waals surface area contributed by atoms with Crippen molar-refractivity contribution in [1.29, 1.82) is 0 Å². The first-order chi connectivity index (χ1) is 8.72. The molecule has 1 aromatic heterocycles. The van der Waals surface area contributed by atoms with Gasteiger partial charge in [0.2, 0.25) is 5.82 Å². The van der Waals surface area contributed by atoms with Crippen molar-refractivity contribution in [1.82, 2.24) is 15.2 Å². The number of aromatic hydroxyl groups is 1. The number of phenolic OH excluding ortho intramolecular Hbond substituents is 1. The third-order valence-electron chi connectivity index (χ3n) is 2.77. The maximum Gasteiger partial charge on any atom is 0.295 e. The van der Waals surface area contributed by atoms with Crippen LogP contribution in [0.5, 0.6) is 5.75 Å². The fourth-order valence-corrected chi connectivity index (χ4v) is 1.69. The zero-order valence-electron chi connectivity index (χ0n) is 9.55. The van der Waals surface area contributed by atoms with E-state index in [0.29, 0.717) is 11.6 Å². The topological polar surface area (TPSA) is 90.9 Å². The fraction of sp³-hybridized carbons (Fsp3) is 0.250. The Morgan fingerprint density at radius 2 is 2.28 bits per heavy atom. The number of carbonyl (C=O) groups excluding carboxylic acids is 1. The number of aromatic nitrogens is 3. The molecule has 0 unspecified atom stereocenters. The first kappa shape index (κ1) is 10.8. The van der Waals surface area contributed by atoms with E-state index in [1.165, 1.54) is 12.1 Å². The molecule has 0 saturated heterocycles. The molecule has 2 aromatic rings. The van der Waals surface area contributed by atoms with E-state index in [4.69, 9.17) is 0 Å². The number of hydrogen-bond donors (Lipinski definition) is 3. The van der Waals surface area contributed by atoms with Gasteiger partial charge in [-0.2, -0.15) is 0 Å². The van der Waals surface area contributed by atoms with Crippen molar-refractivity contribution >= 4 is 11.6 Å². The van der Waals surface area contributed by atoms with Gasteiger partial charge < -0.3 is 10.4 Å². The normalized spacial score (nSPS) is 14.4. The average molecular weight is 244 g/mol. The number of rotatable bonds is 3. The summed E-state index contributed by atoms with van der Waals surface area (Å²) >= 11 is 0. The lowest BCUT2D eigenvalue weighted by Crippen LogP contribution is -2.13. The van der Waals surface area contributed by atoms with Crippen LogP contribution in [0.1, 0.15) is 35.2 Å². The van der Waals surface area contributed by atoms with Crippen molar-refractivity contribution in [2.45, 2.75) is 18.8 Å². The summed E-state index contributed by atoms with van der Waals surface area (Å²) in [5, 5.41) is 18.6. The monoisotopic (exact) mass is 244 g/mol. The standard InChI is InChI=1S/C12H12N4O2/c17-9-3-1-2-8(6-9)13-12(18)11-14-10(15-16-11)7-4-5-7/h1-3,6-7,17H,4-5H2,(H,13,18)(H,14,15,16). The Bertz CT molecular complexity index is 589. The molecule has 1 heterocycles. The largest absolute Gasteiger partial charge is 0.508 e. The second-order valence-electron chi connectivity index (χ2n) is 4.32. The number of benzene rings is 1. The molecule has 1 aliphatic carbocycles. The van der Waals surface area contributed by atoms with Gasteiger partial charge >= 0.3 is 0 Å². The summed E-state index contributed by atoms with van der Waals surface area (Å²) in [6.07, 6.45) is 2.20. The smallest absolute Gasteiger partial charge is 0.295 e. The van der Waals surface area contributed by atoms with Crippen LogP contribution in [0.15, 0.2) is 24.3 Å². The Hall–Kier alpha value is -2.37. The number of nitrogens with one attached hydrogen (secondary N) is 2. The molecule has 1 saturated carbocycles. The molecule has 1 aromatic carbocycles. The Balaban J connectivity index is 1.73. The van der Waals surface area contributed by atoms with Crippen molar-refractivity contribution in [3.8, 4) is 5.75 Å². The third-order valence-corrected chi connectivity index (χ3v) is 2.77. The fourth-order valence-electron chi connectivity index (χ4n) is 1.69. The molecule has 92 valence electrons. The second kappa shape index (κ2) is 4.14. The third kappa shape index (κ3) is 2.17. The first-order valence-corrected chi connectivity index (χ1v) is 5.75. The summed E-state index contributed by atoms with van der Waals surface area (Å²) in [7, 11) is 0. The summed E-state index contributed by atoms with van der Waals surface area (Å²) in [6.45, 7) is 0. The van der Waals surface area contributed by atoms with Crippen molar-refractivity contribution in [3.05, 3.63) is 35.9 Å². The van der Waals surface area contributed by atoms with Crippen LogP contribution in [0.25, 0.3) is 0 Å². The van der Waals surface area contributed by atoms with E-state index in [9.17, 15) is 9.90 Å². The van der Waals surface area contributed by atoms with Crippen molar-refractivity contribution in [2.75, 3.05) is 5.32 Å². The highest BCUT2D eigenvalue weighted by Crippen LogP contribution is 2.37. The van der Waals surface area contributed by atoms with Crippen LogP contribution >= 0.6 is 0 Å². The van der Waals surface area contributed by atoms with Gasteiger partial charge in [0.05, 0.1) is 0 Å². The number of hydrogen-bond acceptors (Lipinski definition) is 4. The molecular formula is C12H12N4O2. The molecule has 0 radical (unpaired) electrons. The van der Waals surface area contributed by atoms with Crippen LogP contribution in [-0.2, 0) is 0 Å². The number of H-pyrrole nitrogens is 1. The van der Waals surface area contributed by atoms with Crippen LogP contribution in [0, 0.1) is 0 Å². The van der Waals surface area contributed by atoms with Crippen molar-refractivity contribution in [2.24, 2.45) is 0 Å². The average Bonchev–Trinajstić information content (AvgIpc) is 3.07. The summed E-state index contributed by atoms with van der Waals surface area (Å²) in [5.41, 5.74) is 0.512. The zero-order valence-corrected chi connectivity index (χ0v) is 9.55. The zero-order chi connectivity index (χ0) is 12.5. The van der Waals surface area contributed by atoms with E-state index in [-0.39, 0.29) is 17.5 Å². The number of carbonyl (C=O) groups is 1. The highest BCUT2D eigenvalue weighted by Gasteiger charge is 2.28. The van der Waals surface area contributed by atoms with Gasteiger partial charge in [0.15, 0.2) is 0 Å². The van der Waals surface area contributed by atoms with Crippen molar-refractivity contribution in [3.63, 3.8) is 0 Å². The van der Waals surface area contributed by atoms with Gasteiger partial charge in [-0.15, -0.1) is 5.10 Å². The van der Waals surface area contributed by atoms with E-state index in [1.54, 1.807) is 12.1 Å². The molecule has 6 heteroatoms. The summed E-state index contributed by atoms with van der Waals surface area (Å²) < 4.78 is 0. The van der Waals surface area contributed by atoms with Crippen LogP contribution < -0.4 is 5.32 Å². The van der Waals surface area contributed by atoms with Gasteiger partial charge in [-0.3, -0.25) is 9.89 Å². The van der Waals surface area contributed by atoms with Crippen LogP contribution in [-0.4, -0.2) is 26.2 Å². The van der Waals surface area contributed by atoms with Gasteiger partial charge in [-0.25, -0.2) is 4.98 Å². The number of phenols is 1. The number of aromatic amines is 1. The maximum atomic E-state index is 11.8. The van der Waals surface area contributed by atoms with Gasteiger partial charge in [0.1, 0.15) is 11.6 Å². The Morgan fingerprint density at radius 3 is 3.00 bits per heavy atom. The summed E-state index contributed by atoms with van der Waals surface area (Å²) in [5.74, 6) is 1.04. The quantitative estimate of drug-likeness (QED) is 0.765. The SMILES string of the molecule is O=C(Nc1cccc(O)c1)c1n[nH]c(C2CC2)n1. The Morgan fingerprint density at radius 1 is 1.44 bits per heavy atom. The minimum atomic E-state index is -0.385. The van der Waals surface area contributed by atoms with Crippen molar-refractivity contribution < 1.29 is 9.90 Å². The molecule has 0 atom stereocenters. The van der Waals surface area contributed by atoms with E-state index >= 15 is 0 Å². The maximum absolute atomic E-state index is 11.8. The highest BCUT2D eigenvalue weighted by molar-refractivity contribution is 6.01. The van der Waals surface area contributed by atoms with Gasteiger partial charge in [-0.1, -0.05) is 6.07 Å². The van der Waals surface area contributed by atoms with E-state index in [2.05, 4.69) is 20.5 Å². The van der Waals surface area contributed by atoms with Gasteiger partial charge in [-0.05, 0) is 25.0 Å². The summed E-state index contributed by atoms with van der Waals surface area (Å²) in [6, 6.07) is 6.34. The van der Waals surface area contributed by atoms with Crippen LogP contribution in [0.4, 0.5) is 5.69 Å². The minimum Gasteiger partial charge on any atom is -0.508 e. The Labute approximate surface area is 103 Å². The van der Waals surface area contributed by atoms with E-state index in [1.807, 2.05) is 0 Å². The second-order valence-corrected chi connectivity index (χ2v) is 4.32. The molecule has 1 aliphatic rings. The predicted molar refractivity (Wildman–Crippen MR) is 64.4 cm³/mol. The Kier molecular flexibility index (Phi) is 2.47. The molecule has 6 nitrogen and oxygen atoms in total. The molecule has 18 heavy (non-hydrogen) atoms. The number of nitrogens with zero attached hydrogens (tertiary/aromatic N) is 2. The lowest BCUT2D eigenvalue weighted by atomic mass is 10.3. The molecule has 0 aliphatic heterocycles. The number of amides is 1. The lowest BCUT2D eigenvalue weighted by molar-refractivity contribution is 0.101. The highest BCUT2D eigenvalue weighted by atomic mass is 16.3. The summed E-state index contributed by atoms with van der Waals surface area (Å²) in [4.78, 5) is 16.0. The molecule has 1 fully saturated rings. The number of anilines is 1. The molecule has 0 bridgehead atoms. The molecule has 3 rings (SSSR count). The predicted octanol–water partition coefficient (Wildman–Crippen LogP) is 1.64. The molecular weight excluding hydrogens is 232 g/mol. The van der Waals surface area contributed by atoms with E-state index < -0.39 is 0 Å².